The van der Waals surface area contributed by atoms with E-state index in [-0.39, 0.29) is 19.1 Å². The van der Waals surface area contributed by atoms with Crippen LogP contribution in [0.4, 0.5) is 4.79 Å². The lowest BCUT2D eigenvalue weighted by Gasteiger charge is -2.25. The number of rotatable bonds is 7. The predicted octanol–water partition coefficient (Wildman–Crippen LogP) is 2.99. The molecule has 1 aliphatic rings. The third-order valence-electron chi connectivity index (χ3n) is 5.70. The van der Waals surface area contributed by atoms with Gasteiger partial charge in [0.05, 0.1) is 12.6 Å². The topological polar surface area (TPSA) is 94.7 Å². The van der Waals surface area contributed by atoms with Gasteiger partial charge in [-0.1, -0.05) is 48.5 Å². The summed E-state index contributed by atoms with van der Waals surface area (Å²) in [5.74, 6) is -0.256. The van der Waals surface area contributed by atoms with Crippen LogP contribution in [0.15, 0.2) is 60.8 Å². The second-order valence-corrected chi connectivity index (χ2v) is 7.84. The monoisotopic (exact) mass is 421 g/mol. The molecule has 162 valence electrons. The molecule has 1 saturated heterocycles. The van der Waals surface area contributed by atoms with E-state index in [1.165, 1.54) is 4.90 Å². The summed E-state index contributed by atoms with van der Waals surface area (Å²) in [6, 6.07) is 16.4. The number of carbonyl (C=O) groups excluding carboxylic acids is 2. The Hall–Kier alpha value is -3.32. The molecule has 0 bridgehead atoms. The third-order valence-corrected chi connectivity index (χ3v) is 5.70. The molecule has 3 N–H and O–H groups in total. The number of carbonyl (C=O) groups is 2. The lowest BCUT2D eigenvalue weighted by Crippen LogP contribution is -2.50. The van der Waals surface area contributed by atoms with E-state index in [1.807, 2.05) is 60.8 Å². The first-order chi connectivity index (χ1) is 15.2. The Morgan fingerprint density at radius 3 is 2.74 bits per heavy atom. The van der Waals surface area contributed by atoms with Gasteiger partial charge in [0.1, 0.15) is 12.6 Å². The Morgan fingerprint density at radius 1 is 1.16 bits per heavy atom. The fourth-order valence-corrected chi connectivity index (χ4v) is 4.08. The summed E-state index contributed by atoms with van der Waals surface area (Å²) >= 11 is 0. The third kappa shape index (κ3) is 4.88. The summed E-state index contributed by atoms with van der Waals surface area (Å²) in [6.45, 7) is 0.471. The number of para-hydroxylation sites is 1. The first kappa shape index (κ1) is 20.9. The second-order valence-electron chi connectivity index (χ2n) is 7.84. The van der Waals surface area contributed by atoms with Crippen molar-refractivity contribution >= 4 is 22.9 Å². The van der Waals surface area contributed by atoms with Crippen molar-refractivity contribution in [3.63, 3.8) is 0 Å². The minimum absolute atomic E-state index is 0.171. The van der Waals surface area contributed by atoms with Crippen molar-refractivity contribution in [2.75, 3.05) is 13.2 Å². The lowest BCUT2D eigenvalue weighted by molar-refractivity contribution is -0.126. The van der Waals surface area contributed by atoms with Gasteiger partial charge in [-0.05, 0) is 36.5 Å². The number of aromatic nitrogens is 1. The second kappa shape index (κ2) is 9.66. The Balaban J connectivity index is 1.36. The maximum absolute atomic E-state index is 12.9. The average molecular weight is 421 g/mol. The first-order valence-corrected chi connectivity index (χ1v) is 10.6. The molecule has 0 unspecified atom stereocenters. The van der Waals surface area contributed by atoms with E-state index < -0.39 is 18.2 Å². The number of fused-ring (bicyclic) bond motifs is 1. The van der Waals surface area contributed by atoms with Gasteiger partial charge in [0.15, 0.2) is 0 Å². The lowest BCUT2D eigenvalue weighted by atomic mass is 10.0. The number of amides is 2. The molecule has 2 atom stereocenters. The van der Waals surface area contributed by atoms with Crippen LogP contribution in [-0.2, 0) is 22.6 Å². The summed E-state index contributed by atoms with van der Waals surface area (Å²) in [7, 11) is 0. The molecule has 0 aliphatic carbocycles. The van der Waals surface area contributed by atoms with E-state index in [0.717, 1.165) is 28.5 Å². The van der Waals surface area contributed by atoms with Gasteiger partial charge in [0.25, 0.3) is 0 Å². The van der Waals surface area contributed by atoms with Crippen LogP contribution >= 0.6 is 0 Å². The maximum Gasteiger partial charge on any atom is 0.410 e. The van der Waals surface area contributed by atoms with E-state index in [1.54, 1.807) is 0 Å². The highest BCUT2D eigenvalue weighted by molar-refractivity contribution is 5.87. The zero-order valence-electron chi connectivity index (χ0n) is 17.3. The molecule has 1 fully saturated rings. The first-order valence-electron chi connectivity index (χ1n) is 10.6. The number of aromatic amines is 1. The highest BCUT2D eigenvalue weighted by Crippen LogP contribution is 2.21. The summed E-state index contributed by atoms with van der Waals surface area (Å²) in [5, 5.41) is 13.8. The SMILES string of the molecule is O=C(N[C@H](CO)Cc1c[nH]c2ccccc12)[C@H]1CCCN1C(=O)OCc1ccccc1. The maximum atomic E-state index is 12.9. The zero-order valence-corrected chi connectivity index (χ0v) is 17.3. The molecule has 2 heterocycles. The molecule has 4 rings (SSSR count). The molecule has 0 radical (unpaired) electrons. The number of nitrogens with zero attached hydrogens (tertiary/aromatic N) is 1. The normalized spacial score (nSPS) is 16.9. The number of hydrogen-bond acceptors (Lipinski definition) is 4. The quantitative estimate of drug-likeness (QED) is 0.547. The molecular weight excluding hydrogens is 394 g/mol. The van der Waals surface area contributed by atoms with Gasteiger partial charge in [0.2, 0.25) is 5.91 Å². The molecule has 3 aromatic rings. The zero-order chi connectivity index (χ0) is 21.6. The summed E-state index contributed by atoms with van der Waals surface area (Å²) in [4.78, 5) is 30.2. The Morgan fingerprint density at radius 2 is 1.94 bits per heavy atom. The van der Waals surface area contributed by atoms with E-state index in [9.17, 15) is 14.7 Å². The molecule has 2 aromatic carbocycles. The molecule has 7 heteroatoms. The van der Waals surface area contributed by atoms with Gasteiger partial charge < -0.3 is 20.1 Å². The highest BCUT2D eigenvalue weighted by Gasteiger charge is 2.35. The number of aliphatic hydroxyl groups is 1. The number of hydrogen-bond donors (Lipinski definition) is 3. The predicted molar refractivity (Wildman–Crippen MR) is 117 cm³/mol. The fraction of sp³-hybridized carbons (Fsp3) is 0.333. The van der Waals surface area contributed by atoms with Crippen molar-refractivity contribution in [2.45, 2.75) is 38.0 Å². The minimum Gasteiger partial charge on any atom is -0.445 e. The summed E-state index contributed by atoms with van der Waals surface area (Å²) in [5.41, 5.74) is 2.94. The Labute approximate surface area is 181 Å². The summed E-state index contributed by atoms with van der Waals surface area (Å²) < 4.78 is 5.41. The largest absolute Gasteiger partial charge is 0.445 e. The van der Waals surface area contributed by atoms with Gasteiger partial charge in [-0.2, -0.15) is 0 Å². The molecule has 2 amide bonds. The average Bonchev–Trinajstić information content (AvgIpc) is 3.45. The standard InChI is InChI=1S/C24H27N3O4/c28-15-19(13-18-14-25-21-10-5-4-9-20(18)21)26-23(29)22-11-6-12-27(22)24(30)31-16-17-7-2-1-3-8-17/h1-5,7-10,14,19,22,25,28H,6,11-13,15-16H2,(H,26,29)/t19-,22+/m0/s1. The number of ether oxygens (including phenoxy) is 1. The van der Waals surface area contributed by atoms with Crippen LogP contribution in [0.2, 0.25) is 0 Å². The van der Waals surface area contributed by atoms with Crippen LogP contribution in [0.5, 0.6) is 0 Å². The molecule has 31 heavy (non-hydrogen) atoms. The Kier molecular flexibility index (Phi) is 6.52. The van der Waals surface area contributed by atoms with Crippen LogP contribution in [-0.4, -0.2) is 52.2 Å². The van der Waals surface area contributed by atoms with Crippen molar-refractivity contribution in [3.05, 3.63) is 71.9 Å². The van der Waals surface area contributed by atoms with Gasteiger partial charge in [0, 0.05) is 23.6 Å². The fourth-order valence-electron chi connectivity index (χ4n) is 4.08. The number of nitrogens with one attached hydrogen (secondary N) is 2. The van der Waals surface area contributed by atoms with E-state index >= 15 is 0 Å². The van der Waals surface area contributed by atoms with Crippen molar-refractivity contribution in [1.29, 1.82) is 0 Å². The number of likely N-dealkylation sites (tertiary alicyclic amines) is 1. The van der Waals surface area contributed by atoms with E-state index in [0.29, 0.717) is 19.4 Å². The van der Waals surface area contributed by atoms with Crippen LogP contribution in [0.25, 0.3) is 10.9 Å². The molecule has 1 aliphatic heterocycles. The van der Waals surface area contributed by atoms with Crippen molar-refractivity contribution in [3.8, 4) is 0 Å². The van der Waals surface area contributed by atoms with Crippen LogP contribution < -0.4 is 5.32 Å². The number of aliphatic hydroxyl groups excluding tert-OH is 1. The van der Waals surface area contributed by atoms with Gasteiger partial charge in [-0.15, -0.1) is 0 Å². The summed E-state index contributed by atoms with van der Waals surface area (Å²) in [6.07, 6.45) is 3.24. The van der Waals surface area contributed by atoms with Crippen LogP contribution in [0.3, 0.4) is 0 Å². The Bertz CT molecular complexity index is 1030. The van der Waals surface area contributed by atoms with Gasteiger partial charge in [-0.3, -0.25) is 9.69 Å². The van der Waals surface area contributed by atoms with E-state index in [4.69, 9.17) is 4.74 Å². The van der Waals surface area contributed by atoms with Gasteiger partial charge in [-0.25, -0.2) is 4.79 Å². The molecule has 7 nitrogen and oxygen atoms in total. The molecule has 1 aromatic heterocycles. The van der Waals surface area contributed by atoms with Crippen LogP contribution in [0, 0.1) is 0 Å². The molecule has 0 saturated carbocycles. The molecular formula is C24H27N3O4. The smallest absolute Gasteiger partial charge is 0.410 e. The number of H-pyrrole nitrogens is 1. The number of benzene rings is 2. The van der Waals surface area contributed by atoms with Crippen LogP contribution in [0.1, 0.15) is 24.0 Å². The van der Waals surface area contributed by atoms with Crippen molar-refractivity contribution in [2.24, 2.45) is 0 Å². The van der Waals surface area contributed by atoms with Crippen molar-refractivity contribution < 1.29 is 19.4 Å². The van der Waals surface area contributed by atoms with Gasteiger partial charge >= 0.3 is 6.09 Å². The highest BCUT2D eigenvalue weighted by atomic mass is 16.6. The minimum atomic E-state index is -0.583. The van der Waals surface area contributed by atoms with Crippen molar-refractivity contribution in [1.82, 2.24) is 15.2 Å². The molecule has 0 spiro atoms. The van der Waals surface area contributed by atoms with E-state index in [2.05, 4.69) is 10.3 Å².